The van der Waals surface area contributed by atoms with Crippen molar-refractivity contribution in [3.05, 3.63) is 59.2 Å². The average Bonchev–Trinajstić information content (AvgIpc) is 3.00. The Balaban J connectivity index is 1.10. The second kappa shape index (κ2) is 12.6. The third-order valence-electron chi connectivity index (χ3n) is 8.94. The zero-order chi connectivity index (χ0) is 30.8. The highest BCUT2D eigenvalue weighted by molar-refractivity contribution is 6.36. The summed E-state index contributed by atoms with van der Waals surface area (Å²) >= 11 is 7.00. The number of carbonyl (C=O) groups is 2. The lowest BCUT2D eigenvalue weighted by Gasteiger charge is -2.37. The van der Waals surface area contributed by atoms with E-state index in [4.69, 9.17) is 28.1 Å². The Labute approximate surface area is 262 Å². The molecule has 0 bridgehead atoms. The number of amides is 2. The molecule has 12 heteroatoms. The normalized spacial score (nSPS) is 20.8. The first kappa shape index (κ1) is 30.1. The molecule has 3 aliphatic heterocycles. The van der Waals surface area contributed by atoms with Gasteiger partial charge in [0.05, 0.1) is 16.9 Å². The van der Waals surface area contributed by atoms with Gasteiger partial charge in [0.25, 0.3) is 0 Å². The Kier molecular flexibility index (Phi) is 8.61. The van der Waals surface area contributed by atoms with Crippen LogP contribution in [0.25, 0.3) is 11.3 Å². The van der Waals surface area contributed by atoms with E-state index in [1.165, 1.54) is 0 Å². The van der Waals surface area contributed by atoms with E-state index >= 15 is 0 Å². The number of anilines is 4. The number of hydrogen-bond donors (Lipinski definition) is 4. The van der Waals surface area contributed by atoms with Crippen LogP contribution in [-0.4, -0.2) is 77.5 Å². The molecule has 4 heterocycles. The molecule has 3 fully saturated rings. The first-order chi connectivity index (χ1) is 21.2. The Morgan fingerprint density at radius 3 is 2.50 bits per heavy atom. The van der Waals surface area contributed by atoms with Crippen LogP contribution in [0.1, 0.15) is 38.2 Å². The first-order valence-electron chi connectivity index (χ1n) is 15.3. The van der Waals surface area contributed by atoms with Crippen molar-refractivity contribution in [1.82, 2.24) is 20.2 Å². The quantitative estimate of drug-likeness (QED) is 0.292. The molecule has 0 saturated carbocycles. The SMILES string of the molecule is CC1(N)CCN(c2cnc(-c3cccc(N4CCN(Cc5ccccc5NC5CCC(=O)NC5=O)CC4)c3Cl)c(N)n2)CC1. The Morgan fingerprint density at radius 1 is 1.02 bits per heavy atom. The highest BCUT2D eigenvalue weighted by Crippen LogP contribution is 2.38. The van der Waals surface area contributed by atoms with Crippen molar-refractivity contribution < 1.29 is 9.59 Å². The summed E-state index contributed by atoms with van der Waals surface area (Å²) in [6.45, 7) is 7.80. The standard InChI is InChI=1S/C32H40ClN9O2/c1-32(35)11-13-42(14-12-32)26-19-36-29(30(34)38-26)22-6-4-8-25(28(22)33)41-17-15-40(16-18-41)20-21-5-2-3-7-23(21)37-24-9-10-27(43)39-31(24)44/h2-8,19,24,37H,9-18,20,35H2,1H3,(H2,34,38)(H,39,43,44). The van der Waals surface area contributed by atoms with E-state index in [9.17, 15) is 9.59 Å². The summed E-state index contributed by atoms with van der Waals surface area (Å²) in [6.07, 6.45) is 4.40. The summed E-state index contributed by atoms with van der Waals surface area (Å²) in [5.74, 6) is 0.637. The monoisotopic (exact) mass is 617 g/mol. The number of nitrogens with zero attached hydrogens (tertiary/aromatic N) is 5. The molecule has 6 N–H and O–H groups in total. The van der Waals surface area contributed by atoms with E-state index in [0.29, 0.717) is 29.4 Å². The molecular weight excluding hydrogens is 578 g/mol. The molecule has 232 valence electrons. The first-order valence-corrected chi connectivity index (χ1v) is 15.7. The fourth-order valence-corrected chi connectivity index (χ4v) is 6.49. The molecule has 2 amide bonds. The van der Waals surface area contributed by atoms with Gasteiger partial charge >= 0.3 is 0 Å². The van der Waals surface area contributed by atoms with Gasteiger partial charge in [-0.15, -0.1) is 0 Å². The molecule has 2 aromatic carbocycles. The van der Waals surface area contributed by atoms with E-state index in [1.807, 2.05) is 36.4 Å². The van der Waals surface area contributed by atoms with Crippen molar-refractivity contribution in [3.8, 4) is 11.3 Å². The zero-order valence-electron chi connectivity index (χ0n) is 25.1. The van der Waals surface area contributed by atoms with Crippen LogP contribution in [0, 0.1) is 0 Å². The van der Waals surface area contributed by atoms with Crippen LogP contribution in [0.3, 0.4) is 0 Å². The van der Waals surface area contributed by atoms with Crippen molar-refractivity contribution >= 4 is 46.4 Å². The van der Waals surface area contributed by atoms with Crippen LogP contribution in [0.4, 0.5) is 23.0 Å². The van der Waals surface area contributed by atoms with Gasteiger partial charge in [0.2, 0.25) is 11.8 Å². The molecule has 1 aromatic heterocycles. The molecule has 0 spiro atoms. The number of piperidine rings is 2. The number of nitrogen functional groups attached to an aromatic ring is 1. The van der Waals surface area contributed by atoms with Crippen LogP contribution >= 0.6 is 11.6 Å². The third kappa shape index (κ3) is 6.59. The maximum atomic E-state index is 12.3. The number of halogens is 1. The van der Waals surface area contributed by atoms with E-state index < -0.39 is 6.04 Å². The van der Waals surface area contributed by atoms with Gasteiger partial charge in [0.15, 0.2) is 5.82 Å². The number of hydrogen-bond acceptors (Lipinski definition) is 10. The number of piperazine rings is 1. The predicted octanol–water partition coefficient (Wildman–Crippen LogP) is 3.24. The molecule has 3 saturated heterocycles. The van der Waals surface area contributed by atoms with E-state index in [1.54, 1.807) is 6.20 Å². The predicted molar refractivity (Wildman–Crippen MR) is 175 cm³/mol. The highest BCUT2D eigenvalue weighted by atomic mass is 35.5. The van der Waals surface area contributed by atoms with Gasteiger partial charge in [-0.2, -0.15) is 0 Å². The molecule has 44 heavy (non-hydrogen) atoms. The second-order valence-electron chi connectivity index (χ2n) is 12.3. The Bertz CT molecular complexity index is 1530. The molecule has 1 atom stereocenters. The minimum atomic E-state index is -0.415. The second-order valence-corrected chi connectivity index (χ2v) is 12.7. The number of rotatable bonds is 7. The molecule has 0 radical (unpaired) electrons. The number of nitrogens with one attached hydrogen (secondary N) is 2. The molecule has 3 aromatic rings. The third-order valence-corrected chi connectivity index (χ3v) is 9.34. The lowest BCUT2D eigenvalue weighted by atomic mass is 9.91. The van der Waals surface area contributed by atoms with Crippen molar-refractivity contribution in [3.63, 3.8) is 0 Å². The van der Waals surface area contributed by atoms with Gasteiger partial charge in [-0.1, -0.05) is 41.9 Å². The topological polar surface area (TPSA) is 146 Å². The number of nitrogens with two attached hydrogens (primary N) is 2. The highest BCUT2D eigenvalue weighted by Gasteiger charge is 2.29. The fourth-order valence-electron chi connectivity index (χ4n) is 6.15. The van der Waals surface area contributed by atoms with Crippen LogP contribution < -0.4 is 31.9 Å². The van der Waals surface area contributed by atoms with Gasteiger partial charge in [0.1, 0.15) is 17.6 Å². The molecule has 1 unspecified atom stereocenters. The van der Waals surface area contributed by atoms with Gasteiger partial charge in [-0.25, -0.2) is 9.97 Å². The minimum Gasteiger partial charge on any atom is -0.382 e. The van der Waals surface area contributed by atoms with Crippen LogP contribution in [0.15, 0.2) is 48.7 Å². The Morgan fingerprint density at radius 2 is 1.77 bits per heavy atom. The van der Waals surface area contributed by atoms with Crippen molar-refractivity contribution in [2.45, 2.75) is 50.7 Å². The number of carbonyl (C=O) groups excluding carboxylic acids is 2. The van der Waals surface area contributed by atoms with Crippen molar-refractivity contribution in [1.29, 1.82) is 0 Å². The maximum absolute atomic E-state index is 12.3. The average molecular weight is 618 g/mol. The largest absolute Gasteiger partial charge is 0.382 e. The zero-order valence-corrected chi connectivity index (χ0v) is 25.8. The van der Waals surface area contributed by atoms with Gasteiger partial charge in [-0.05, 0) is 43.9 Å². The van der Waals surface area contributed by atoms with Gasteiger partial charge < -0.3 is 26.6 Å². The lowest BCUT2D eigenvalue weighted by Crippen LogP contribution is -2.48. The number of benzene rings is 2. The fraction of sp³-hybridized carbons (Fsp3) is 0.438. The number of aromatic nitrogens is 2. The van der Waals surface area contributed by atoms with Crippen molar-refractivity contribution in [2.75, 3.05) is 60.1 Å². The van der Waals surface area contributed by atoms with Gasteiger partial charge in [0, 0.05) is 69.0 Å². The van der Waals surface area contributed by atoms with Crippen LogP contribution in [0.5, 0.6) is 0 Å². The molecular formula is C32H40ClN9O2. The van der Waals surface area contributed by atoms with Gasteiger partial charge in [-0.3, -0.25) is 19.8 Å². The maximum Gasteiger partial charge on any atom is 0.249 e. The van der Waals surface area contributed by atoms with E-state index in [-0.39, 0.29) is 17.4 Å². The molecule has 3 aliphatic rings. The minimum absolute atomic E-state index is 0.145. The smallest absolute Gasteiger partial charge is 0.249 e. The number of para-hydroxylation sites is 1. The summed E-state index contributed by atoms with van der Waals surface area (Å²) < 4.78 is 0. The Hall–Kier alpha value is -3.93. The molecule has 11 nitrogen and oxygen atoms in total. The van der Waals surface area contributed by atoms with Crippen LogP contribution in [-0.2, 0) is 16.1 Å². The summed E-state index contributed by atoms with van der Waals surface area (Å²) in [4.78, 5) is 40.1. The summed E-state index contributed by atoms with van der Waals surface area (Å²) in [5.41, 5.74) is 16.9. The molecule has 0 aliphatic carbocycles. The molecule has 6 rings (SSSR count). The van der Waals surface area contributed by atoms with Crippen LogP contribution in [0.2, 0.25) is 5.02 Å². The summed E-state index contributed by atoms with van der Waals surface area (Å²) in [7, 11) is 0. The summed E-state index contributed by atoms with van der Waals surface area (Å²) in [6, 6.07) is 13.6. The number of imide groups is 1. The van der Waals surface area contributed by atoms with E-state index in [2.05, 4.69) is 43.3 Å². The van der Waals surface area contributed by atoms with E-state index in [0.717, 1.165) is 87.0 Å². The van der Waals surface area contributed by atoms with Crippen molar-refractivity contribution in [2.24, 2.45) is 5.73 Å². The summed E-state index contributed by atoms with van der Waals surface area (Å²) in [5, 5.41) is 6.40. The lowest BCUT2D eigenvalue weighted by molar-refractivity contribution is -0.133.